The summed E-state index contributed by atoms with van der Waals surface area (Å²) in [6, 6.07) is -0.209. The van der Waals surface area contributed by atoms with Gasteiger partial charge in [-0.05, 0) is 12.5 Å². The summed E-state index contributed by atoms with van der Waals surface area (Å²) in [6.07, 6.45) is 3.89. The fourth-order valence-corrected chi connectivity index (χ4v) is 1.27. The molecule has 0 aromatic rings. The highest BCUT2D eigenvalue weighted by Crippen LogP contribution is 2.12. The zero-order valence-electron chi connectivity index (χ0n) is 8.75. The molecule has 0 aromatic heterocycles. The maximum Gasteiger partial charge on any atom is 0.314 e. The molecule has 5 nitrogen and oxygen atoms in total. The van der Waals surface area contributed by atoms with Crippen molar-refractivity contribution in [2.45, 2.75) is 6.42 Å². The van der Waals surface area contributed by atoms with Crippen molar-refractivity contribution in [1.29, 1.82) is 0 Å². The largest absolute Gasteiger partial charge is 0.341 e. The third kappa shape index (κ3) is 3.12. The lowest BCUT2D eigenvalue weighted by atomic mass is 10.3. The van der Waals surface area contributed by atoms with E-state index in [2.05, 4.69) is 17.2 Å². The molecule has 3 amide bonds. The standard InChI is InChI=1S/C10H15N3O2/c1-8-4-5-9(14)13(8)7-3-6-12-10(15)11-2/h4-5H,1,3,6-7H2,2H3,(H2,11,12,15). The molecular weight excluding hydrogens is 194 g/mol. The fourth-order valence-electron chi connectivity index (χ4n) is 1.27. The van der Waals surface area contributed by atoms with Crippen LogP contribution in [0.1, 0.15) is 6.42 Å². The minimum absolute atomic E-state index is 0.0417. The molecule has 15 heavy (non-hydrogen) atoms. The molecule has 2 N–H and O–H groups in total. The van der Waals surface area contributed by atoms with Crippen molar-refractivity contribution in [3.05, 3.63) is 24.4 Å². The number of urea groups is 1. The molecule has 0 aliphatic carbocycles. The van der Waals surface area contributed by atoms with E-state index in [0.717, 1.165) is 0 Å². The lowest BCUT2D eigenvalue weighted by Crippen LogP contribution is -2.35. The summed E-state index contributed by atoms with van der Waals surface area (Å²) in [6.45, 7) is 4.85. The first-order chi connectivity index (χ1) is 7.15. The molecule has 1 rings (SSSR count). The topological polar surface area (TPSA) is 61.4 Å². The van der Waals surface area contributed by atoms with E-state index in [1.807, 2.05) is 0 Å². The highest BCUT2D eigenvalue weighted by Gasteiger charge is 2.17. The summed E-state index contributed by atoms with van der Waals surface area (Å²) in [5, 5.41) is 5.10. The Bertz CT molecular complexity index is 292. The van der Waals surface area contributed by atoms with Crippen LogP contribution in [-0.2, 0) is 4.79 Å². The number of rotatable bonds is 4. The van der Waals surface area contributed by atoms with Gasteiger partial charge in [0.15, 0.2) is 0 Å². The van der Waals surface area contributed by atoms with E-state index in [1.165, 1.54) is 6.08 Å². The number of nitrogens with one attached hydrogen (secondary N) is 2. The third-order valence-corrected chi connectivity index (χ3v) is 2.10. The predicted octanol–water partition coefficient (Wildman–Crippen LogP) is 0.218. The Hall–Kier alpha value is -1.78. The maximum absolute atomic E-state index is 11.2. The number of allylic oxidation sites excluding steroid dienone is 1. The van der Waals surface area contributed by atoms with E-state index < -0.39 is 0 Å². The molecule has 82 valence electrons. The Kier molecular flexibility index (Phi) is 3.91. The van der Waals surface area contributed by atoms with Crippen LogP contribution in [0.3, 0.4) is 0 Å². The lowest BCUT2D eigenvalue weighted by Gasteiger charge is -2.16. The second kappa shape index (κ2) is 5.19. The van der Waals surface area contributed by atoms with Crippen LogP contribution in [0, 0.1) is 0 Å². The molecular formula is C10H15N3O2. The molecule has 0 atom stereocenters. The lowest BCUT2D eigenvalue weighted by molar-refractivity contribution is -0.123. The van der Waals surface area contributed by atoms with Crippen molar-refractivity contribution in [2.24, 2.45) is 0 Å². The Morgan fingerprint density at radius 2 is 2.27 bits per heavy atom. The van der Waals surface area contributed by atoms with Crippen molar-refractivity contribution in [1.82, 2.24) is 15.5 Å². The van der Waals surface area contributed by atoms with Gasteiger partial charge < -0.3 is 15.5 Å². The van der Waals surface area contributed by atoms with Crippen LogP contribution in [0.25, 0.3) is 0 Å². The highest BCUT2D eigenvalue weighted by molar-refractivity contribution is 5.92. The normalized spacial score (nSPS) is 14.6. The minimum atomic E-state index is -0.209. The summed E-state index contributed by atoms with van der Waals surface area (Å²) in [5.41, 5.74) is 0.708. The van der Waals surface area contributed by atoms with Gasteiger partial charge in [-0.1, -0.05) is 6.58 Å². The number of hydrogen-bond donors (Lipinski definition) is 2. The van der Waals surface area contributed by atoms with Crippen molar-refractivity contribution >= 4 is 11.9 Å². The van der Waals surface area contributed by atoms with E-state index in [1.54, 1.807) is 18.0 Å². The van der Waals surface area contributed by atoms with Crippen molar-refractivity contribution in [3.63, 3.8) is 0 Å². The van der Waals surface area contributed by atoms with Gasteiger partial charge in [-0.15, -0.1) is 0 Å². The number of hydrogen-bond acceptors (Lipinski definition) is 2. The number of carbonyl (C=O) groups excluding carboxylic acids is 2. The zero-order valence-corrected chi connectivity index (χ0v) is 8.75. The summed E-state index contributed by atoms with van der Waals surface area (Å²) in [7, 11) is 1.56. The van der Waals surface area contributed by atoms with Crippen LogP contribution in [0.15, 0.2) is 24.4 Å². The Labute approximate surface area is 88.8 Å². The molecule has 0 bridgehead atoms. The van der Waals surface area contributed by atoms with Crippen LogP contribution in [0.4, 0.5) is 4.79 Å². The number of amides is 3. The van der Waals surface area contributed by atoms with Crippen molar-refractivity contribution in [2.75, 3.05) is 20.1 Å². The second-order valence-corrected chi connectivity index (χ2v) is 3.17. The van der Waals surface area contributed by atoms with Gasteiger partial charge in [-0.25, -0.2) is 4.79 Å². The second-order valence-electron chi connectivity index (χ2n) is 3.17. The molecule has 0 saturated carbocycles. The molecule has 0 radical (unpaired) electrons. The predicted molar refractivity (Wildman–Crippen MR) is 57.1 cm³/mol. The molecule has 0 aromatic carbocycles. The van der Waals surface area contributed by atoms with Crippen molar-refractivity contribution < 1.29 is 9.59 Å². The average molecular weight is 209 g/mol. The van der Waals surface area contributed by atoms with Gasteiger partial charge in [0.2, 0.25) is 0 Å². The Balaban J connectivity index is 2.18. The third-order valence-electron chi connectivity index (χ3n) is 2.10. The summed E-state index contributed by atoms with van der Waals surface area (Å²) >= 11 is 0. The first-order valence-corrected chi connectivity index (χ1v) is 4.79. The highest BCUT2D eigenvalue weighted by atomic mass is 16.2. The molecule has 1 aliphatic heterocycles. The Morgan fingerprint density at radius 1 is 1.53 bits per heavy atom. The monoisotopic (exact) mass is 209 g/mol. The first kappa shape index (κ1) is 11.3. The summed E-state index contributed by atoms with van der Waals surface area (Å²) in [5.74, 6) is -0.0417. The van der Waals surface area contributed by atoms with Crippen LogP contribution in [0.5, 0.6) is 0 Å². The van der Waals surface area contributed by atoms with Gasteiger partial charge in [-0.3, -0.25) is 4.79 Å². The van der Waals surface area contributed by atoms with Crippen LogP contribution in [-0.4, -0.2) is 37.0 Å². The van der Waals surface area contributed by atoms with Gasteiger partial charge in [0.25, 0.3) is 5.91 Å². The number of nitrogens with zero attached hydrogens (tertiary/aromatic N) is 1. The van der Waals surface area contributed by atoms with Gasteiger partial charge >= 0.3 is 6.03 Å². The smallest absolute Gasteiger partial charge is 0.314 e. The maximum atomic E-state index is 11.2. The van der Waals surface area contributed by atoms with Gasteiger partial charge in [-0.2, -0.15) is 0 Å². The van der Waals surface area contributed by atoms with E-state index in [9.17, 15) is 9.59 Å². The molecule has 1 aliphatic rings. The molecule has 5 heteroatoms. The van der Waals surface area contributed by atoms with E-state index in [4.69, 9.17) is 0 Å². The van der Waals surface area contributed by atoms with Crippen LogP contribution in [0.2, 0.25) is 0 Å². The minimum Gasteiger partial charge on any atom is -0.341 e. The van der Waals surface area contributed by atoms with Gasteiger partial charge in [0.05, 0.1) is 0 Å². The fraction of sp³-hybridized carbons (Fsp3) is 0.400. The average Bonchev–Trinajstić information content (AvgIpc) is 2.54. The van der Waals surface area contributed by atoms with Crippen LogP contribution >= 0.6 is 0 Å². The SMILES string of the molecule is C=C1C=CC(=O)N1CCCNC(=O)NC. The van der Waals surface area contributed by atoms with Crippen LogP contribution < -0.4 is 10.6 Å². The summed E-state index contributed by atoms with van der Waals surface area (Å²) in [4.78, 5) is 23.6. The molecule has 0 unspecified atom stereocenters. The Morgan fingerprint density at radius 3 is 2.80 bits per heavy atom. The molecule has 0 fully saturated rings. The first-order valence-electron chi connectivity index (χ1n) is 4.79. The van der Waals surface area contributed by atoms with E-state index in [0.29, 0.717) is 25.2 Å². The van der Waals surface area contributed by atoms with E-state index in [-0.39, 0.29) is 11.9 Å². The van der Waals surface area contributed by atoms with E-state index >= 15 is 0 Å². The molecule has 0 saturated heterocycles. The number of carbonyl (C=O) groups is 2. The summed E-state index contributed by atoms with van der Waals surface area (Å²) < 4.78 is 0. The van der Waals surface area contributed by atoms with Gasteiger partial charge in [0.1, 0.15) is 0 Å². The van der Waals surface area contributed by atoms with Gasteiger partial charge in [0, 0.05) is 31.9 Å². The zero-order chi connectivity index (χ0) is 11.3. The van der Waals surface area contributed by atoms with Crippen molar-refractivity contribution in [3.8, 4) is 0 Å². The quantitative estimate of drug-likeness (QED) is 0.650. The molecule has 0 spiro atoms. The molecule has 1 heterocycles.